The molecule has 1 aliphatic rings. The molecule has 1 aromatic carbocycles. The van der Waals surface area contributed by atoms with E-state index in [9.17, 15) is 9.18 Å². The number of aromatic nitrogens is 2. The molecule has 0 radical (unpaired) electrons. The van der Waals surface area contributed by atoms with E-state index in [-0.39, 0.29) is 11.7 Å². The van der Waals surface area contributed by atoms with Crippen molar-refractivity contribution in [3.05, 3.63) is 59.4 Å². The van der Waals surface area contributed by atoms with Gasteiger partial charge in [-0.3, -0.25) is 9.69 Å². The van der Waals surface area contributed by atoms with Gasteiger partial charge in [-0.25, -0.2) is 14.4 Å². The molecular weight excluding hydrogens is 295 g/mol. The van der Waals surface area contributed by atoms with E-state index in [1.165, 1.54) is 12.1 Å². The average molecular weight is 314 g/mol. The molecule has 1 fully saturated rings. The summed E-state index contributed by atoms with van der Waals surface area (Å²) in [6, 6.07) is 7.53. The number of hydrogen-bond donors (Lipinski definition) is 1. The van der Waals surface area contributed by atoms with E-state index in [0.29, 0.717) is 13.1 Å². The number of benzene rings is 1. The zero-order valence-electron chi connectivity index (χ0n) is 13.0. The van der Waals surface area contributed by atoms with Crippen LogP contribution in [0.3, 0.4) is 0 Å². The maximum absolute atomic E-state index is 13.1. The van der Waals surface area contributed by atoms with E-state index in [2.05, 4.69) is 20.2 Å². The number of nitrogens with zero attached hydrogens (tertiary/aromatic N) is 3. The first-order chi connectivity index (χ1) is 11.2. The molecule has 1 amide bonds. The van der Waals surface area contributed by atoms with Crippen molar-refractivity contribution in [2.45, 2.75) is 25.9 Å². The van der Waals surface area contributed by atoms with Crippen LogP contribution in [-0.4, -0.2) is 33.9 Å². The fourth-order valence-corrected chi connectivity index (χ4v) is 2.80. The maximum Gasteiger partial charge on any atom is 0.242 e. The van der Waals surface area contributed by atoms with Crippen LogP contribution >= 0.6 is 0 Å². The Kier molecular flexibility index (Phi) is 4.62. The van der Waals surface area contributed by atoms with Crippen LogP contribution in [0, 0.1) is 5.82 Å². The number of aryl methyl sites for hydroxylation is 1. The summed E-state index contributed by atoms with van der Waals surface area (Å²) in [5.74, 6) is 0.426. The van der Waals surface area contributed by atoms with Gasteiger partial charge >= 0.3 is 0 Å². The van der Waals surface area contributed by atoms with Gasteiger partial charge < -0.3 is 5.32 Å². The molecule has 0 unspecified atom stereocenters. The van der Waals surface area contributed by atoms with Gasteiger partial charge in [0.25, 0.3) is 0 Å². The minimum absolute atomic E-state index is 0.0624. The van der Waals surface area contributed by atoms with Crippen LogP contribution in [0.15, 0.2) is 36.5 Å². The van der Waals surface area contributed by atoms with Crippen molar-refractivity contribution in [1.29, 1.82) is 0 Å². The topological polar surface area (TPSA) is 58.1 Å². The van der Waals surface area contributed by atoms with Crippen LogP contribution in [-0.2, 0) is 17.8 Å². The van der Waals surface area contributed by atoms with Gasteiger partial charge in [-0.05, 0) is 23.8 Å². The molecule has 0 spiro atoms. The number of piperazine rings is 1. The predicted molar refractivity (Wildman–Crippen MR) is 84.0 cm³/mol. The summed E-state index contributed by atoms with van der Waals surface area (Å²) in [5.41, 5.74) is 1.67. The quantitative estimate of drug-likeness (QED) is 0.936. The molecule has 1 aromatic heterocycles. The second kappa shape index (κ2) is 6.83. The van der Waals surface area contributed by atoms with Gasteiger partial charge in [0.1, 0.15) is 17.7 Å². The Bertz CT molecular complexity index is 689. The van der Waals surface area contributed by atoms with Crippen LogP contribution < -0.4 is 5.32 Å². The molecule has 2 aromatic rings. The number of nitrogens with one attached hydrogen (secondary N) is 1. The molecule has 3 rings (SSSR count). The van der Waals surface area contributed by atoms with Crippen LogP contribution in [0.2, 0.25) is 0 Å². The van der Waals surface area contributed by atoms with Crippen LogP contribution in [0.25, 0.3) is 0 Å². The third kappa shape index (κ3) is 3.53. The van der Waals surface area contributed by atoms with Gasteiger partial charge in [0, 0.05) is 32.3 Å². The summed E-state index contributed by atoms with van der Waals surface area (Å²) < 4.78 is 13.1. The first kappa shape index (κ1) is 15.6. The molecule has 0 saturated carbocycles. The van der Waals surface area contributed by atoms with Gasteiger partial charge in [0.15, 0.2) is 0 Å². The predicted octanol–water partition coefficient (Wildman–Crippen LogP) is 1.85. The Morgan fingerprint density at radius 1 is 1.30 bits per heavy atom. The smallest absolute Gasteiger partial charge is 0.242 e. The van der Waals surface area contributed by atoms with E-state index in [1.54, 1.807) is 18.3 Å². The van der Waals surface area contributed by atoms with Crippen molar-refractivity contribution in [2.75, 3.05) is 13.1 Å². The summed E-state index contributed by atoms with van der Waals surface area (Å²) in [7, 11) is 0. The summed E-state index contributed by atoms with van der Waals surface area (Å²) in [5, 5.41) is 2.88. The minimum Gasteiger partial charge on any atom is -0.353 e. The monoisotopic (exact) mass is 314 g/mol. The second-order valence-corrected chi connectivity index (χ2v) is 5.53. The third-order valence-corrected chi connectivity index (χ3v) is 3.94. The van der Waals surface area contributed by atoms with Crippen molar-refractivity contribution in [3.63, 3.8) is 0 Å². The molecule has 5 nitrogen and oxygen atoms in total. The molecule has 1 saturated heterocycles. The van der Waals surface area contributed by atoms with Gasteiger partial charge in [0.2, 0.25) is 5.91 Å². The Hall–Kier alpha value is -2.34. The van der Waals surface area contributed by atoms with Gasteiger partial charge in [-0.15, -0.1) is 0 Å². The zero-order chi connectivity index (χ0) is 16.2. The van der Waals surface area contributed by atoms with Crippen LogP contribution in [0.1, 0.15) is 30.0 Å². The maximum atomic E-state index is 13.1. The summed E-state index contributed by atoms with van der Waals surface area (Å²) >= 11 is 0. The van der Waals surface area contributed by atoms with Crippen molar-refractivity contribution in [2.24, 2.45) is 0 Å². The summed E-state index contributed by atoms with van der Waals surface area (Å²) in [4.78, 5) is 23.1. The first-order valence-corrected chi connectivity index (χ1v) is 7.75. The van der Waals surface area contributed by atoms with Crippen LogP contribution in [0.5, 0.6) is 0 Å². The van der Waals surface area contributed by atoms with E-state index >= 15 is 0 Å². The second-order valence-electron chi connectivity index (χ2n) is 5.53. The SMILES string of the molecule is CCc1nccc(CN2CCNC(=O)[C@H]2c2ccc(F)cc2)n1. The van der Waals surface area contributed by atoms with Gasteiger partial charge in [-0.1, -0.05) is 19.1 Å². The Morgan fingerprint density at radius 3 is 2.83 bits per heavy atom. The average Bonchev–Trinajstić information content (AvgIpc) is 2.56. The molecule has 0 aliphatic carbocycles. The summed E-state index contributed by atoms with van der Waals surface area (Å²) in [6.45, 7) is 3.89. The highest BCUT2D eigenvalue weighted by molar-refractivity contribution is 5.83. The largest absolute Gasteiger partial charge is 0.353 e. The Morgan fingerprint density at radius 2 is 2.09 bits per heavy atom. The van der Waals surface area contributed by atoms with Crippen molar-refractivity contribution in [3.8, 4) is 0 Å². The number of amides is 1. The van der Waals surface area contributed by atoms with E-state index in [1.807, 2.05) is 13.0 Å². The zero-order valence-corrected chi connectivity index (χ0v) is 13.0. The number of carbonyl (C=O) groups is 1. The minimum atomic E-state index is -0.426. The molecular formula is C17H19FN4O. The highest BCUT2D eigenvalue weighted by Crippen LogP contribution is 2.25. The number of carbonyl (C=O) groups excluding carboxylic acids is 1. The number of halogens is 1. The van der Waals surface area contributed by atoms with E-state index in [4.69, 9.17) is 0 Å². The van der Waals surface area contributed by atoms with Crippen LogP contribution in [0.4, 0.5) is 4.39 Å². The highest BCUT2D eigenvalue weighted by atomic mass is 19.1. The van der Waals surface area contributed by atoms with Gasteiger partial charge in [0.05, 0.1) is 5.69 Å². The standard InChI is InChI=1S/C17H19FN4O/c1-2-15-19-8-7-14(21-15)11-22-10-9-20-17(23)16(22)12-3-5-13(18)6-4-12/h3-8,16H,2,9-11H2,1H3,(H,20,23)/t16-/m1/s1. The first-order valence-electron chi connectivity index (χ1n) is 7.75. The molecule has 0 bridgehead atoms. The third-order valence-electron chi connectivity index (χ3n) is 3.94. The molecule has 1 aliphatic heterocycles. The Labute approximate surface area is 134 Å². The molecule has 2 heterocycles. The Balaban J connectivity index is 1.85. The van der Waals surface area contributed by atoms with Crippen molar-refractivity contribution in [1.82, 2.24) is 20.2 Å². The van der Waals surface area contributed by atoms with Gasteiger partial charge in [-0.2, -0.15) is 0 Å². The lowest BCUT2D eigenvalue weighted by atomic mass is 10.0. The molecule has 23 heavy (non-hydrogen) atoms. The molecule has 1 N–H and O–H groups in total. The highest BCUT2D eigenvalue weighted by Gasteiger charge is 2.31. The lowest BCUT2D eigenvalue weighted by Gasteiger charge is -2.35. The van der Waals surface area contributed by atoms with E-state index in [0.717, 1.165) is 30.0 Å². The fraction of sp³-hybridized carbons (Fsp3) is 0.353. The number of rotatable bonds is 4. The normalized spacial score (nSPS) is 18.7. The molecule has 120 valence electrons. The van der Waals surface area contributed by atoms with Crippen molar-refractivity contribution >= 4 is 5.91 Å². The lowest BCUT2D eigenvalue weighted by molar-refractivity contribution is -0.129. The fourth-order valence-electron chi connectivity index (χ4n) is 2.80. The molecule has 1 atom stereocenters. The lowest BCUT2D eigenvalue weighted by Crippen LogP contribution is -2.49. The number of hydrogen-bond acceptors (Lipinski definition) is 4. The molecule has 6 heteroatoms. The summed E-state index contributed by atoms with van der Waals surface area (Å²) in [6.07, 6.45) is 2.52. The van der Waals surface area contributed by atoms with Crippen molar-refractivity contribution < 1.29 is 9.18 Å². The van der Waals surface area contributed by atoms with E-state index < -0.39 is 6.04 Å².